The molecule has 0 aliphatic carbocycles. The predicted octanol–water partition coefficient (Wildman–Crippen LogP) is 2.68. The van der Waals surface area contributed by atoms with Gasteiger partial charge in [0.2, 0.25) is 0 Å². The van der Waals surface area contributed by atoms with Crippen LogP contribution in [-0.4, -0.2) is 4.98 Å². The van der Waals surface area contributed by atoms with Crippen LogP contribution in [0.1, 0.15) is 17.2 Å². The Kier molecular flexibility index (Phi) is 4.00. The van der Waals surface area contributed by atoms with Crippen molar-refractivity contribution in [1.29, 1.82) is 0 Å². The molecule has 0 fully saturated rings. The number of rotatable bonds is 3. The highest BCUT2D eigenvalue weighted by atomic mass is 79.9. The van der Waals surface area contributed by atoms with Crippen LogP contribution in [0.3, 0.4) is 0 Å². The summed E-state index contributed by atoms with van der Waals surface area (Å²) in [4.78, 5) is 3.73. The quantitative estimate of drug-likeness (QED) is 0.676. The number of pyridine rings is 1. The Balaban J connectivity index is 2.49. The smallest absolute Gasteiger partial charge is 0.142 e. The Morgan fingerprint density at radius 1 is 1.28 bits per heavy atom. The maximum Gasteiger partial charge on any atom is 0.142 e. The van der Waals surface area contributed by atoms with Gasteiger partial charge in [0.05, 0.1) is 16.7 Å². The molecule has 6 heteroatoms. The van der Waals surface area contributed by atoms with Crippen molar-refractivity contribution in [2.24, 2.45) is 5.84 Å². The van der Waals surface area contributed by atoms with E-state index < -0.39 is 17.7 Å². The zero-order chi connectivity index (χ0) is 13.1. The molecule has 0 spiro atoms. The number of nitrogens with zero attached hydrogens (tertiary/aromatic N) is 1. The number of benzene rings is 1. The molecule has 2 aromatic rings. The number of hydrogen-bond acceptors (Lipinski definition) is 3. The molecule has 1 atom stereocenters. The first kappa shape index (κ1) is 13.1. The molecule has 0 radical (unpaired) electrons. The largest absolute Gasteiger partial charge is 0.271 e. The monoisotopic (exact) mass is 313 g/mol. The molecule has 0 saturated heterocycles. The van der Waals surface area contributed by atoms with Crippen molar-refractivity contribution in [3.63, 3.8) is 0 Å². The molecule has 0 aliphatic rings. The van der Waals surface area contributed by atoms with Crippen molar-refractivity contribution in [1.82, 2.24) is 10.4 Å². The van der Waals surface area contributed by atoms with Gasteiger partial charge in [-0.25, -0.2) is 14.2 Å². The molecule has 0 amide bonds. The molecule has 18 heavy (non-hydrogen) atoms. The van der Waals surface area contributed by atoms with Gasteiger partial charge in [-0.3, -0.25) is 10.8 Å². The second-order valence-electron chi connectivity index (χ2n) is 3.68. The molecule has 0 bridgehead atoms. The first-order chi connectivity index (χ1) is 8.63. The number of hydrogen-bond donors (Lipinski definition) is 2. The number of halogens is 3. The minimum Gasteiger partial charge on any atom is -0.271 e. The highest BCUT2D eigenvalue weighted by Gasteiger charge is 2.18. The van der Waals surface area contributed by atoms with Gasteiger partial charge in [-0.2, -0.15) is 0 Å². The number of nitrogens with one attached hydrogen (secondary N) is 1. The van der Waals surface area contributed by atoms with E-state index in [2.05, 4.69) is 26.3 Å². The van der Waals surface area contributed by atoms with Crippen LogP contribution in [0.15, 0.2) is 41.1 Å². The van der Waals surface area contributed by atoms with Crippen LogP contribution in [0.4, 0.5) is 8.78 Å². The van der Waals surface area contributed by atoms with Crippen molar-refractivity contribution in [2.45, 2.75) is 6.04 Å². The highest BCUT2D eigenvalue weighted by molar-refractivity contribution is 9.10. The van der Waals surface area contributed by atoms with E-state index >= 15 is 0 Å². The van der Waals surface area contributed by atoms with Gasteiger partial charge in [-0.15, -0.1) is 0 Å². The standard InChI is InChI=1S/C12H10BrF2N3/c13-10-3-1-2-9(11(10)15)12(18-16)7-4-8(14)6-17-5-7/h1-6,12,18H,16H2. The van der Waals surface area contributed by atoms with Gasteiger partial charge in [0.1, 0.15) is 11.6 Å². The summed E-state index contributed by atoms with van der Waals surface area (Å²) in [5.41, 5.74) is 3.23. The lowest BCUT2D eigenvalue weighted by atomic mass is 10.0. The SMILES string of the molecule is NNC(c1cncc(F)c1)c1cccc(Br)c1F. The van der Waals surface area contributed by atoms with Gasteiger partial charge in [0, 0.05) is 11.8 Å². The summed E-state index contributed by atoms with van der Waals surface area (Å²) in [5, 5.41) is 0. The first-order valence-corrected chi connectivity index (χ1v) is 5.93. The van der Waals surface area contributed by atoms with Crippen molar-refractivity contribution >= 4 is 15.9 Å². The summed E-state index contributed by atoms with van der Waals surface area (Å²) in [5.74, 6) is 4.49. The van der Waals surface area contributed by atoms with Gasteiger partial charge >= 0.3 is 0 Å². The Bertz CT molecular complexity index is 563. The third kappa shape index (κ3) is 2.55. The van der Waals surface area contributed by atoms with Gasteiger partial charge in [0.15, 0.2) is 0 Å². The average molecular weight is 314 g/mol. The molecule has 2 rings (SSSR count). The van der Waals surface area contributed by atoms with Crippen LogP contribution in [0, 0.1) is 11.6 Å². The lowest BCUT2D eigenvalue weighted by molar-refractivity contribution is 0.550. The van der Waals surface area contributed by atoms with Crippen LogP contribution in [0.5, 0.6) is 0 Å². The molecule has 1 unspecified atom stereocenters. The van der Waals surface area contributed by atoms with Gasteiger partial charge < -0.3 is 0 Å². The Hall–Kier alpha value is -1.37. The maximum absolute atomic E-state index is 14.0. The molecule has 3 N–H and O–H groups in total. The van der Waals surface area contributed by atoms with E-state index in [0.717, 1.165) is 6.20 Å². The van der Waals surface area contributed by atoms with Crippen molar-refractivity contribution in [3.05, 3.63) is 63.9 Å². The van der Waals surface area contributed by atoms with Gasteiger partial charge in [0.25, 0.3) is 0 Å². The zero-order valence-electron chi connectivity index (χ0n) is 9.20. The van der Waals surface area contributed by atoms with E-state index in [4.69, 9.17) is 5.84 Å². The average Bonchev–Trinajstić information content (AvgIpc) is 2.35. The van der Waals surface area contributed by atoms with Gasteiger partial charge in [-0.05, 0) is 33.6 Å². The molecule has 94 valence electrons. The summed E-state index contributed by atoms with van der Waals surface area (Å²) >= 11 is 3.10. The Labute approximate surface area is 111 Å². The summed E-state index contributed by atoms with van der Waals surface area (Å²) in [6.45, 7) is 0. The summed E-state index contributed by atoms with van der Waals surface area (Å²) in [6, 6.07) is 5.44. The topological polar surface area (TPSA) is 50.9 Å². The normalized spacial score (nSPS) is 12.4. The molecule has 1 aromatic carbocycles. The number of aromatic nitrogens is 1. The molecule has 0 saturated carbocycles. The van der Waals surface area contributed by atoms with Gasteiger partial charge in [-0.1, -0.05) is 12.1 Å². The van der Waals surface area contributed by atoms with E-state index in [-0.39, 0.29) is 0 Å². The molecule has 0 aliphatic heterocycles. The molecule has 1 heterocycles. The Morgan fingerprint density at radius 3 is 2.72 bits per heavy atom. The molecular formula is C12H10BrF2N3. The number of nitrogens with two attached hydrogens (primary N) is 1. The van der Waals surface area contributed by atoms with E-state index in [9.17, 15) is 8.78 Å². The van der Waals surface area contributed by atoms with E-state index in [0.29, 0.717) is 15.6 Å². The molecular weight excluding hydrogens is 304 g/mol. The highest BCUT2D eigenvalue weighted by Crippen LogP contribution is 2.27. The predicted molar refractivity (Wildman–Crippen MR) is 67.5 cm³/mol. The third-order valence-electron chi connectivity index (χ3n) is 2.52. The minimum absolute atomic E-state index is 0.319. The van der Waals surface area contributed by atoms with Crippen LogP contribution in [0.2, 0.25) is 0 Å². The fourth-order valence-corrected chi connectivity index (χ4v) is 2.08. The fourth-order valence-electron chi connectivity index (χ4n) is 1.70. The lowest BCUT2D eigenvalue weighted by Crippen LogP contribution is -2.29. The lowest BCUT2D eigenvalue weighted by Gasteiger charge is -2.17. The minimum atomic E-state index is -0.661. The van der Waals surface area contributed by atoms with Crippen molar-refractivity contribution in [2.75, 3.05) is 0 Å². The van der Waals surface area contributed by atoms with E-state index in [1.807, 2.05) is 0 Å². The van der Waals surface area contributed by atoms with E-state index in [1.165, 1.54) is 12.3 Å². The number of hydrazine groups is 1. The van der Waals surface area contributed by atoms with E-state index in [1.54, 1.807) is 18.2 Å². The molecule has 1 aromatic heterocycles. The Morgan fingerprint density at radius 2 is 2.06 bits per heavy atom. The summed E-state index contributed by atoms with van der Waals surface area (Å²) in [7, 11) is 0. The van der Waals surface area contributed by atoms with Crippen LogP contribution in [0.25, 0.3) is 0 Å². The maximum atomic E-state index is 14.0. The van der Waals surface area contributed by atoms with Crippen molar-refractivity contribution < 1.29 is 8.78 Å². The summed E-state index contributed by atoms with van der Waals surface area (Å²) < 4.78 is 27.4. The second-order valence-corrected chi connectivity index (χ2v) is 4.53. The van der Waals surface area contributed by atoms with Crippen molar-refractivity contribution in [3.8, 4) is 0 Å². The second kappa shape index (κ2) is 5.51. The fraction of sp³-hybridized carbons (Fsp3) is 0.0833. The van der Waals surface area contributed by atoms with Crippen LogP contribution >= 0.6 is 15.9 Å². The van der Waals surface area contributed by atoms with Crippen LogP contribution in [-0.2, 0) is 0 Å². The molecule has 3 nitrogen and oxygen atoms in total. The van der Waals surface area contributed by atoms with Crippen LogP contribution < -0.4 is 11.3 Å². The third-order valence-corrected chi connectivity index (χ3v) is 3.13. The summed E-state index contributed by atoms with van der Waals surface area (Å²) in [6.07, 6.45) is 2.52. The zero-order valence-corrected chi connectivity index (χ0v) is 10.8. The first-order valence-electron chi connectivity index (χ1n) is 5.14.